The van der Waals surface area contributed by atoms with Gasteiger partial charge >= 0.3 is 6.01 Å². The molecule has 2 N–H and O–H groups in total. The van der Waals surface area contributed by atoms with Crippen molar-refractivity contribution in [2.75, 3.05) is 13.0 Å². The Labute approximate surface area is 92.7 Å². The van der Waals surface area contributed by atoms with Crippen LogP contribution in [0.1, 0.15) is 18.1 Å². The highest BCUT2D eigenvalue weighted by Crippen LogP contribution is 2.18. The lowest BCUT2D eigenvalue weighted by molar-refractivity contribution is 0.0165. The van der Waals surface area contributed by atoms with E-state index >= 15 is 0 Å². The maximum absolute atomic E-state index is 9.65. The highest BCUT2D eigenvalue weighted by Gasteiger charge is 2.18. The third-order valence-electron chi connectivity index (χ3n) is 1.94. The maximum atomic E-state index is 9.65. The van der Waals surface area contributed by atoms with Crippen molar-refractivity contribution in [3.05, 3.63) is 18.0 Å². The second kappa shape index (κ2) is 5.85. The number of rotatable bonds is 5. The van der Waals surface area contributed by atoms with Gasteiger partial charge in [-0.1, -0.05) is 0 Å². The minimum Gasteiger partial charge on any atom is -0.467 e. The maximum Gasteiger partial charge on any atom is 0.316 e. The molecule has 0 aromatic carbocycles. The van der Waals surface area contributed by atoms with Gasteiger partial charge in [0.1, 0.15) is 6.10 Å². The molecule has 0 saturated heterocycles. The summed E-state index contributed by atoms with van der Waals surface area (Å²) in [5.74, 6) is 0.287. The first kappa shape index (κ1) is 12.2. The van der Waals surface area contributed by atoms with Crippen LogP contribution in [0.2, 0.25) is 0 Å². The molecule has 2 atom stereocenters. The molecule has 0 spiro atoms. The summed E-state index contributed by atoms with van der Waals surface area (Å²) in [6.45, 7) is 0. The molecule has 1 aromatic rings. The zero-order valence-corrected chi connectivity index (χ0v) is 9.05. The van der Waals surface area contributed by atoms with Crippen molar-refractivity contribution in [2.45, 2.75) is 18.6 Å². The number of methoxy groups -OCH3 is 1. The summed E-state index contributed by atoms with van der Waals surface area (Å²) in [4.78, 5) is 7.65. The van der Waals surface area contributed by atoms with Gasteiger partial charge < -0.3 is 14.9 Å². The van der Waals surface area contributed by atoms with Crippen LogP contribution in [-0.2, 0) is 0 Å². The number of hydrogen-bond donors (Lipinski definition) is 2. The van der Waals surface area contributed by atoms with Crippen LogP contribution in [0.25, 0.3) is 0 Å². The predicted molar refractivity (Wildman–Crippen MR) is 54.9 cm³/mol. The number of ether oxygens (including phenoxy) is 1. The van der Waals surface area contributed by atoms with Crippen LogP contribution in [-0.4, -0.2) is 39.3 Å². The summed E-state index contributed by atoms with van der Waals surface area (Å²) >= 11 is 5.45. The van der Waals surface area contributed by atoms with Crippen LogP contribution in [0.5, 0.6) is 6.01 Å². The van der Waals surface area contributed by atoms with Crippen LogP contribution in [0.15, 0.2) is 12.4 Å². The first-order valence-electron chi connectivity index (χ1n) is 4.47. The molecule has 0 amide bonds. The van der Waals surface area contributed by atoms with Gasteiger partial charge in [-0.25, -0.2) is 9.97 Å². The van der Waals surface area contributed by atoms with E-state index in [2.05, 4.69) is 9.97 Å². The molecule has 0 bridgehead atoms. The van der Waals surface area contributed by atoms with Gasteiger partial charge in [0, 0.05) is 23.8 Å². The smallest absolute Gasteiger partial charge is 0.316 e. The lowest BCUT2D eigenvalue weighted by atomic mass is 10.1. The monoisotopic (exact) mass is 232 g/mol. The Bertz CT molecular complexity index is 294. The second-order valence-corrected chi connectivity index (χ2v) is 3.37. The zero-order chi connectivity index (χ0) is 11.3. The predicted octanol–water partition coefficient (Wildman–Crippen LogP) is 0.508. The fraction of sp³-hybridized carbons (Fsp3) is 0.556. The largest absolute Gasteiger partial charge is 0.467 e. The Hall–Kier alpha value is -0.910. The number of aromatic nitrogens is 2. The SMILES string of the molecule is COc1ncc(C(O)C(O)CCCl)cn1. The molecule has 15 heavy (non-hydrogen) atoms. The molecule has 2 unspecified atom stereocenters. The van der Waals surface area contributed by atoms with Gasteiger partial charge in [0.15, 0.2) is 0 Å². The quantitative estimate of drug-likeness (QED) is 0.724. The number of aliphatic hydroxyl groups is 2. The highest BCUT2D eigenvalue weighted by molar-refractivity contribution is 6.17. The van der Waals surface area contributed by atoms with Crippen LogP contribution in [0.3, 0.4) is 0 Å². The lowest BCUT2D eigenvalue weighted by Gasteiger charge is -2.16. The van der Waals surface area contributed by atoms with E-state index in [1.54, 1.807) is 0 Å². The van der Waals surface area contributed by atoms with Gasteiger partial charge in [-0.05, 0) is 6.42 Å². The summed E-state index contributed by atoms with van der Waals surface area (Å²) in [5, 5.41) is 19.1. The van der Waals surface area contributed by atoms with E-state index in [-0.39, 0.29) is 11.9 Å². The Balaban J connectivity index is 2.69. The number of nitrogens with zero attached hydrogens (tertiary/aromatic N) is 2. The minimum atomic E-state index is -1.02. The van der Waals surface area contributed by atoms with Crippen molar-refractivity contribution < 1.29 is 14.9 Å². The second-order valence-electron chi connectivity index (χ2n) is 2.99. The van der Waals surface area contributed by atoms with Crippen molar-refractivity contribution in [1.29, 1.82) is 0 Å². The molecule has 0 saturated carbocycles. The Morgan fingerprint density at radius 3 is 2.47 bits per heavy atom. The summed E-state index contributed by atoms with van der Waals surface area (Å²) in [6.07, 6.45) is 1.21. The van der Waals surface area contributed by atoms with Crippen LogP contribution in [0, 0.1) is 0 Å². The lowest BCUT2D eigenvalue weighted by Crippen LogP contribution is -2.19. The molecule has 0 aliphatic carbocycles. The van der Waals surface area contributed by atoms with Crippen molar-refractivity contribution >= 4 is 11.6 Å². The van der Waals surface area contributed by atoms with E-state index in [1.807, 2.05) is 0 Å². The first-order chi connectivity index (χ1) is 7.19. The average Bonchev–Trinajstić information content (AvgIpc) is 2.28. The fourth-order valence-corrected chi connectivity index (χ4v) is 1.30. The summed E-state index contributed by atoms with van der Waals surface area (Å²) < 4.78 is 4.77. The molecule has 84 valence electrons. The molecule has 5 nitrogen and oxygen atoms in total. The molecular formula is C9H13ClN2O3. The molecule has 0 aliphatic heterocycles. The summed E-state index contributed by atoms with van der Waals surface area (Å²) in [6, 6.07) is 0.220. The van der Waals surface area contributed by atoms with E-state index in [0.29, 0.717) is 12.0 Å². The standard InChI is InChI=1S/C9H13ClN2O3/c1-15-9-11-4-6(5-12-9)8(14)7(13)2-3-10/h4-5,7-8,13-14H,2-3H2,1H3. The van der Waals surface area contributed by atoms with Crippen LogP contribution in [0.4, 0.5) is 0 Å². The molecule has 0 radical (unpaired) electrons. The van der Waals surface area contributed by atoms with E-state index in [4.69, 9.17) is 16.3 Å². The Morgan fingerprint density at radius 1 is 1.40 bits per heavy atom. The fourth-order valence-electron chi connectivity index (χ4n) is 1.08. The van der Waals surface area contributed by atoms with E-state index in [0.717, 1.165) is 0 Å². The third-order valence-corrected chi connectivity index (χ3v) is 2.16. The first-order valence-corrected chi connectivity index (χ1v) is 5.00. The Kier molecular flexibility index (Phi) is 4.74. The molecule has 1 rings (SSSR count). The Morgan fingerprint density at radius 2 is 2.00 bits per heavy atom. The van der Waals surface area contributed by atoms with Crippen molar-refractivity contribution in [1.82, 2.24) is 9.97 Å². The van der Waals surface area contributed by atoms with Crippen LogP contribution < -0.4 is 4.74 Å². The molecular weight excluding hydrogens is 220 g/mol. The van der Waals surface area contributed by atoms with Gasteiger partial charge in [0.05, 0.1) is 13.2 Å². The highest BCUT2D eigenvalue weighted by atomic mass is 35.5. The van der Waals surface area contributed by atoms with Gasteiger partial charge in [-0.2, -0.15) is 0 Å². The number of alkyl halides is 1. The van der Waals surface area contributed by atoms with Crippen molar-refractivity contribution in [2.24, 2.45) is 0 Å². The van der Waals surface area contributed by atoms with E-state index < -0.39 is 12.2 Å². The number of hydrogen-bond acceptors (Lipinski definition) is 5. The molecule has 0 fully saturated rings. The topological polar surface area (TPSA) is 75.5 Å². The van der Waals surface area contributed by atoms with E-state index in [9.17, 15) is 10.2 Å². The number of aliphatic hydroxyl groups excluding tert-OH is 2. The van der Waals surface area contributed by atoms with Crippen LogP contribution >= 0.6 is 11.6 Å². The van der Waals surface area contributed by atoms with Gasteiger partial charge in [-0.3, -0.25) is 0 Å². The molecule has 6 heteroatoms. The molecule has 1 heterocycles. The minimum absolute atomic E-state index is 0.220. The van der Waals surface area contributed by atoms with Crippen molar-refractivity contribution in [3.8, 4) is 6.01 Å². The van der Waals surface area contributed by atoms with Gasteiger partial charge in [0.2, 0.25) is 0 Å². The normalized spacial score (nSPS) is 14.7. The summed E-state index contributed by atoms with van der Waals surface area (Å²) in [5.41, 5.74) is 0.438. The van der Waals surface area contributed by atoms with Gasteiger partial charge in [0.25, 0.3) is 0 Å². The summed E-state index contributed by atoms with van der Waals surface area (Å²) in [7, 11) is 1.45. The number of halogens is 1. The molecule has 1 aromatic heterocycles. The van der Waals surface area contributed by atoms with E-state index in [1.165, 1.54) is 19.5 Å². The zero-order valence-electron chi connectivity index (χ0n) is 8.30. The third kappa shape index (κ3) is 3.30. The molecule has 0 aliphatic rings. The van der Waals surface area contributed by atoms with Crippen molar-refractivity contribution in [3.63, 3.8) is 0 Å². The average molecular weight is 233 g/mol. The van der Waals surface area contributed by atoms with Gasteiger partial charge in [-0.15, -0.1) is 11.6 Å².